The van der Waals surface area contributed by atoms with E-state index in [1.165, 1.54) is 0 Å². The molecule has 1 N–H and O–H groups in total. The smallest absolute Gasteiger partial charge is 0.320 e. The Balaban J connectivity index is 1.94. The van der Waals surface area contributed by atoms with E-state index in [9.17, 15) is 9.59 Å². The summed E-state index contributed by atoms with van der Waals surface area (Å²) in [5.41, 5.74) is 0. The lowest BCUT2D eigenvalue weighted by molar-refractivity contribution is -0.138. The zero-order chi connectivity index (χ0) is 14.7. The Kier molecular flexibility index (Phi) is 4.89. The number of amides is 2. The number of rotatable bonds is 5. The molecule has 1 atom stereocenters. The van der Waals surface area contributed by atoms with Gasteiger partial charge in [0.25, 0.3) is 0 Å². The van der Waals surface area contributed by atoms with E-state index in [1.807, 2.05) is 9.80 Å². The van der Waals surface area contributed by atoms with Crippen LogP contribution in [0.25, 0.3) is 0 Å². The number of piperidine rings is 1. The molecule has 5 nitrogen and oxygen atoms in total. The number of hydrogen-bond donors (Lipinski definition) is 1. The third-order valence-corrected chi connectivity index (χ3v) is 4.05. The standard InChI is InChI=1S/C15H26N2O3/c1-11(2)9-17(13-5-6-13)15(20)16-7-3-4-12(10-16)8-14(18)19/h11-13H,3-10H2,1-2H3,(H,18,19). The van der Waals surface area contributed by atoms with Gasteiger partial charge in [-0.1, -0.05) is 13.8 Å². The molecular weight excluding hydrogens is 256 g/mol. The van der Waals surface area contributed by atoms with Crippen molar-refractivity contribution in [2.75, 3.05) is 19.6 Å². The van der Waals surface area contributed by atoms with E-state index in [1.54, 1.807) is 0 Å². The summed E-state index contributed by atoms with van der Waals surface area (Å²) < 4.78 is 0. The van der Waals surface area contributed by atoms with Crippen LogP contribution in [-0.2, 0) is 4.79 Å². The van der Waals surface area contributed by atoms with Crippen LogP contribution in [0.1, 0.15) is 46.0 Å². The fourth-order valence-corrected chi connectivity index (χ4v) is 3.00. The monoisotopic (exact) mass is 282 g/mol. The number of aliphatic carboxylic acids is 1. The van der Waals surface area contributed by atoms with Gasteiger partial charge in [0.05, 0.1) is 0 Å². The highest BCUT2D eigenvalue weighted by Crippen LogP contribution is 2.30. The molecule has 1 unspecified atom stereocenters. The van der Waals surface area contributed by atoms with E-state index in [4.69, 9.17) is 5.11 Å². The van der Waals surface area contributed by atoms with Crippen molar-refractivity contribution in [2.45, 2.75) is 52.0 Å². The second-order valence-corrected chi connectivity index (χ2v) is 6.61. The van der Waals surface area contributed by atoms with Crippen LogP contribution in [-0.4, -0.2) is 52.6 Å². The van der Waals surface area contributed by atoms with Crippen LogP contribution in [0.15, 0.2) is 0 Å². The van der Waals surface area contributed by atoms with Crippen LogP contribution >= 0.6 is 0 Å². The van der Waals surface area contributed by atoms with Gasteiger partial charge in [0.1, 0.15) is 0 Å². The SMILES string of the molecule is CC(C)CN(C(=O)N1CCCC(CC(=O)O)C1)C1CC1. The minimum absolute atomic E-state index is 0.116. The Hall–Kier alpha value is -1.26. The lowest BCUT2D eigenvalue weighted by Gasteiger charge is -2.36. The minimum Gasteiger partial charge on any atom is -0.481 e. The number of urea groups is 1. The molecule has 2 rings (SSSR count). The quantitative estimate of drug-likeness (QED) is 0.842. The molecule has 0 aromatic heterocycles. The van der Waals surface area contributed by atoms with Crippen LogP contribution in [0.3, 0.4) is 0 Å². The minimum atomic E-state index is -0.759. The van der Waals surface area contributed by atoms with E-state index >= 15 is 0 Å². The molecule has 0 bridgehead atoms. The van der Waals surface area contributed by atoms with Crippen molar-refractivity contribution in [2.24, 2.45) is 11.8 Å². The maximum atomic E-state index is 12.7. The first-order chi connectivity index (χ1) is 9.47. The Morgan fingerprint density at radius 1 is 1.30 bits per heavy atom. The van der Waals surface area contributed by atoms with Gasteiger partial charge < -0.3 is 14.9 Å². The normalized spacial score (nSPS) is 22.9. The van der Waals surface area contributed by atoms with Crippen LogP contribution < -0.4 is 0 Å². The van der Waals surface area contributed by atoms with Crippen LogP contribution in [0.4, 0.5) is 4.79 Å². The maximum absolute atomic E-state index is 12.7. The molecule has 1 aliphatic carbocycles. The van der Waals surface area contributed by atoms with E-state index in [2.05, 4.69) is 13.8 Å². The fraction of sp³-hybridized carbons (Fsp3) is 0.867. The molecule has 0 aromatic rings. The Morgan fingerprint density at radius 3 is 2.55 bits per heavy atom. The molecule has 2 amide bonds. The van der Waals surface area contributed by atoms with Crippen LogP contribution in [0.5, 0.6) is 0 Å². The lowest BCUT2D eigenvalue weighted by atomic mass is 9.95. The highest BCUT2D eigenvalue weighted by molar-refractivity contribution is 5.75. The van der Waals surface area contributed by atoms with Crippen LogP contribution in [0, 0.1) is 11.8 Å². The van der Waals surface area contributed by atoms with Crippen LogP contribution in [0.2, 0.25) is 0 Å². The molecule has 0 aromatic carbocycles. The summed E-state index contributed by atoms with van der Waals surface area (Å²) >= 11 is 0. The largest absolute Gasteiger partial charge is 0.481 e. The molecule has 5 heteroatoms. The number of likely N-dealkylation sites (tertiary alicyclic amines) is 1. The highest BCUT2D eigenvalue weighted by Gasteiger charge is 2.36. The summed E-state index contributed by atoms with van der Waals surface area (Å²) in [6.45, 7) is 6.45. The number of carboxylic acid groups (broad SMARTS) is 1. The van der Waals surface area contributed by atoms with E-state index in [0.29, 0.717) is 18.5 Å². The molecule has 2 aliphatic rings. The molecule has 114 valence electrons. The molecule has 1 heterocycles. The predicted octanol–water partition coefficient (Wildman–Crippen LogP) is 2.41. The first-order valence-electron chi connectivity index (χ1n) is 7.74. The van der Waals surface area contributed by atoms with Gasteiger partial charge in [-0.2, -0.15) is 0 Å². The summed E-state index contributed by atoms with van der Waals surface area (Å²) in [6, 6.07) is 0.543. The zero-order valence-electron chi connectivity index (χ0n) is 12.5. The van der Waals surface area contributed by atoms with Crippen molar-refractivity contribution >= 4 is 12.0 Å². The number of carboxylic acids is 1. The average Bonchev–Trinajstić information content (AvgIpc) is 3.18. The highest BCUT2D eigenvalue weighted by atomic mass is 16.4. The lowest BCUT2D eigenvalue weighted by Crippen LogP contribution is -2.49. The van der Waals surface area contributed by atoms with Crippen molar-refractivity contribution in [3.8, 4) is 0 Å². The Labute approximate surface area is 120 Å². The predicted molar refractivity (Wildman–Crippen MR) is 76.5 cm³/mol. The molecule has 1 saturated carbocycles. The number of carbonyl (C=O) groups is 2. The van der Waals surface area contributed by atoms with Gasteiger partial charge in [-0.25, -0.2) is 4.79 Å². The maximum Gasteiger partial charge on any atom is 0.320 e. The summed E-state index contributed by atoms with van der Waals surface area (Å²) in [4.78, 5) is 27.4. The van der Waals surface area contributed by atoms with Gasteiger partial charge in [-0.05, 0) is 37.5 Å². The summed E-state index contributed by atoms with van der Waals surface area (Å²) in [6.07, 6.45) is 4.25. The van der Waals surface area contributed by atoms with E-state index < -0.39 is 5.97 Å². The topological polar surface area (TPSA) is 60.9 Å². The van der Waals surface area contributed by atoms with Gasteiger partial charge in [0, 0.05) is 32.1 Å². The van der Waals surface area contributed by atoms with Crippen molar-refractivity contribution in [3.05, 3.63) is 0 Å². The molecule has 1 aliphatic heterocycles. The van der Waals surface area contributed by atoms with Gasteiger partial charge in [0.15, 0.2) is 0 Å². The molecule has 2 fully saturated rings. The summed E-state index contributed by atoms with van der Waals surface area (Å²) in [7, 11) is 0. The van der Waals surface area contributed by atoms with Crippen molar-refractivity contribution in [1.82, 2.24) is 9.80 Å². The third-order valence-electron chi connectivity index (χ3n) is 4.05. The van der Waals surface area contributed by atoms with Crippen molar-refractivity contribution in [1.29, 1.82) is 0 Å². The Morgan fingerprint density at radius 2 is 2.00 bits per heavy atom. The van der Waals surface area contributed by atoms with E-state index in [0.717, 1.165) is 38.8 Å². The van der Waals surface area contributed by atoms with Crippen molar-refractivity contribution in [3.63, 3.8) is 0 Å². The molecule has 0 spiro atoms. The van der Waals surface area contributed by atoms with Gasteiger partial charge in [0.2, 0.25) is 0 Å². The Bertz CT molecular complexity index is 366. The second kappa shape index (κ2) is 6.46. The molecule has 0 radical (unpaired) electrons. The van der Waals surface area contributed by atoms with E-state index in [-0.39, 0.29) is 18.4 Å². The second-order valence-electron chi connectivity index (χ2n) is 6.61. The summed E-state index contributed by atoms with van der Waals surface area (Å²) in [5.74, 6) is -0.171. The zero-order valence-corrected chi connectivity index (χ0v) is 12.5. The molecule has 1 saturated heterocycles. The number of carbonyl (C=O) groups excluding carboxylic acids is 1. The van der Waals surface area contributed by atoms with Gasteiger partial charge in [-0.3, -0.25) is 4.79 Å². The molecule has 20 heavy (non-hydrogen) atoms. The van der Waals surface area contributed by atoms with Crippen molar-refractivity contribution < 1.29 is 14.7 Å². The number of hydrogen-bond acceptors (Lipinski definition) is 2. The molecular formula is C15H26N2O3. The average molecular weight is 282 g/mol. The first-order valence-corrected chi connectivity index (χ1v) is 7.74. The number of nitrogens with zero attached hydrogens (tertiary/aromatic N) is 2. The van der Waals surface area contributed by atoms with Gasteiger partial charge >= 0.3 is 12.0 Å². The first kappa shape index (κ1) is 15.1. The fourth-order valence-electron chi connectivity index (χ4n) is 3.00. The van der Waals surface area contributed by atoms with Gasteiger partial charge in [-0.15, -0.1) is 0 Å². The summed E-state index contributed by atoms with van der Waals surface area (Å²) in [5, 5.41) is 8.90. The third kappa shape index (κ3) is 4.12.